The van der Waals surface area contributed by atoms with Gasteiger partial charge in [0, 0.05) is 28.0 Å². The van der Waals surface area contributed by atoms with Crippen LogP contribution in [0.5, 0.6) is 0 Å². The summed E-state index contributed by atoms with van der Waals surface area (Å²) in [6.45, 7) is 1.48. The van der Waals surface area contributed by atoms with Gasteiger partial charge in [-0.3, -0.25) is 19.0 Å². The number of nitrogen functional groups attached to an aromatic ring is 1. The van der Waals surface area contributed by atoms with E-state index in [0.717, 1.165) is 11.8 Å². The predicted molar refractivity (Wildman–Crippen MR) is 115 cm³/mol. The van der Waals surface area contributed by atoms with Gasteiger partial charge in [0.25, 0.3) is 5.56 Å². The maximum absolute atomic E-state index is 12.3. The molecule has 0 saturated carbocycles. The van der Waals surface area contributed by atoms with Gasteiger partial charge in [0.05, 0.1) is 5.75 Å². The summed E-state index contributed by atoms with van der Waals surface area (Å²) in [5.74, 6) is -0.121. The molecule has 0 unspecified atom stereocenters. The van der Waals surface area contributed by atoms with Gasteiger partial charge in [-0.15, -0.1) is 0 Å². The first-order valence-corrected chi connectivity index (χ1v) is 9.89. The van der Waals surface area contributed by atoms with Crippen molar-refractivity contribution < 1.29 is 9.59 Å². The highest BCUT2D eigenvalue weighted by Gasteiger charge is 2.13. The number of ketones is 1. The Morgan fingerprint density at radius 1 is 1.14 bits per heavy atom. The van der Waals surface area contributed by atoms with E-state index in [-0.39, 0.29) is 23.3 Å². The van der Waals surface area contributed by atoms with E-state index in [4.69, 9.17) is 17.3 Å². The normalized spacial score (nSPS) is 10.6. The second kappa shape index (κ2) is 8.93. The third kappa shape index (κ3) is 5.24. The minimum atomic E-state index is -0.490. The zero-order valence-corrected chi connectivity index (χ0v) is 17.0. The van der Waals surface area contributed by atoms with Crippen molar-refractivity contribution in [3.8, 4) is 5.69 Å². The van der Waals surface area contributed by atoms with Crippen LogP contribution in [0.3, 0.4) is 0 Å². The first-order chi connectivity index (χ1) is 13.8. The molecule has 0 aliphatic heterocycles. The van der Waals surface area contributed by atoms with Crippen LogP contribution >= 0.6 is 23.4 Å². The van der Waals surface area contributed by atoms with Crippen LogP contribution in [0.4, 0.5) is 11.5 Å². The van der Waals surface area contributed by atoms with Gasteiger partial charge >= 0.3 is 0 Å². The number of aromatic nitrogens is 2. The van der Waals surface area contributed by atoms with Crippen LogP contribution in [-0.4, -0.2) is 27.0 Å². The average Bonchev–Trinajstić information content (AvgIpc) is 2.67. The number of Topliss-reactive ketones (excluding diaryl/α,β-unsaturated/α-hetero) is 1. The van der Waals surface area contributed by atoms with E-state index in [1.54, 1.807) is 53.1 Å². The van der Waals surface area contributed by atoms with Gasteiger partial charge in [-0.05, 0) is 55.5 Å². The lowest BCUT2D eigenvalue weighted by atomic mass is 10.1. The summed E-state index contributed by atoms with van der Waals surface area (Å²) in [5, 5.41) is 3.59. The second-order valence-corrected chi connectivity index (χ2v) is 7.46. The third-order valence-electron chi connectivity index (χ3n) is 3.92. The Kier molecular flexibility index (Phi) is 6.36. The van der Waals surface area contributed by atoms with E-state index < -0.39 is 5.56 Å². The Morgan fingerprint density at radius 3 is 2.41 bits per heavy atom. The fourth-order valence-electron chi connectivity index (χ4n) is 2.54. The number of nitrogens with one attached hydrogen (secondary N) is 1. The highest BCUT2D eigenvalue weighted by Crippen LogP contribution is 2.24. The molecular weight excluding hydrogens is 412 g/mol. The van der Waals surface area contributed by atoms with Crippen LogP contribution in [0, 0.1) is 0 Å². The number of nitrogens with zero attached hydrogens (tertiary/aromatic N) is 2. The number of thioether (sulfide) groups is 1. The molecule has 1 aromatic heterocycles. The molecule has 1 amide bonds. The number of carbonyl (C=O) groups is 2. The van der Waals surface area contributed by atoms with Crippen molar-refractivity contribution in [2.24, 2.45) is 0 Å². The minimum Gasteiger partial charge on any atom is -0.385 e. The van der Waals surface area contributed by atoms with Crippen molar-refractivity contribution in [1.82, 2.24) is 9.55 Å². The molecule has 9 heteroatoms. The first kappa shape index (κ1) is 20.6. The molecule has 0 fully saturated rings. The number of amides is 1. The number of rotatable bonds is 6. The van der Waals surface area contributed by atoms with Gasteiger partial charge < -0.3 is 11.1 Å². The number of halogens is 1. The van der Waals surface area contributed by atoms with Crippen LogP contribution < -0.4 is 16.6 Å². The molecule has 148 valence electrons. The van der Waals surface area contributed by atoms with Crippen LogP contribution in [-0.2, 0) is 4.79 Å². The molecule has 2 aromatic carbocycles. The van der Waals surface area contributed by atoms with E-state index in [2.05, 4.69) is 10.3 Å². The number of benzene rings is 2. The van der Waals surface area contributed by atoms with Crippen LogP contribution in [0.25, 0.3) is 5.69 Å². The standard InChI is InChI=1S/C20H17ClN4O3S/c1-12(26)13-2-6-15(7-3-13)23-19(28)11-29-20-24-18(27)10-17(22)25(20)16-8-4-14(21)5-9-16/h2-10H,11,22H2,1H3,(H,23,28). The van der Waals surface area contributed by atoms with Crippen molar-refractivity contribution >= 4 is 46.6 Å². The van der Waals surface area contributed by atoms with Gasteiger partial charge in [-0.25, -0.2) is 0 Å². The van der Waals surface area contributed by atoms with Crippen LogP contribution in [0.2, 0.25) is 5.02 Å². The Bertz CT molecular complexity index is 1110. The maximum Gasteiger partial charge on any atom is 0.275 e. The summed E-state index contributed by atoms with van der Waals surface area (Å²) < 4.78 is 1.58. The Hall–Kier alpha value is -3.10. The molecule has 0 saturated heterocycles. The molecule has 0 aliphatic rings. The molecule has 1 heterocycles. The number of nitrogens with two attached hydrogens (primary N) is 1. The van der Waals surface area contributed by atoms with Crippen molar-refractivity contribution in [3.63, 3.8) is 0 Å². The molecular formula is C20H17ClN4O3S. The lowest BCUT2D eigenvalue weighted by Gasteiger charge is -2.14. The molecule has 7 nitrogen and oxygen atoms in total. The van der Waals surface area contributed by atoms with Crippen molar-refractivity contribution in [2.45, 2.75) is 12.1 Å². The fourth-order valence-corrected chi connectivity index (χ4v) is 3.49. The van der Waals surface area contributed by atoms with Crippen molar-refractivity contribution in [1.29, 1.82) is 0 Å². The Morgan fingerprint density at radius 2 is 1.79 bits per heavy atom. The molecule has 0 aliphatic carbocycles. The number of hydrogen-bond donors (Lipinski definition) is 2. The van der Waals surface area contributed by atoms with Crippen molar-refractivity contribution in [3.05, 3.63) is 75.5 Å². The summed E-state index contributed by atoms with van der Waals surface area (Å²) in [7, 11) is 0. The number of hydrogen-bond acceptors (Lipinski definition) is 6. The van der Waals surface area contributed by atoms with Crippen LogP contribution in [0.15, 0.2) is 64.5 Å². The molecule has 0 spiro atoms. The smallest absolute Gasteiger partial charge is 0.275 e. The van der Waals surface area contributed by atoms with E-state index >= 15 is 0 Å². The summed E-state index contributed by atoms with van der Waals surface area (Å²) in [4.78, 5) is 39.4. The third-order valence-corrected chi connectivity index (χ3v) is 5.11. The highest BCUT2D eigenvalue weighted by molar-refractivity contribution is 7.99. The fraction of sp³-hybridized carbons (Fsp3) is 0.100. The Labute approximate surface area is 175 Å². The monoisotopic (exact) mass is 428 g/mol. The Balaban J connectivity index is 1.76. The molecule has 29 heavy (non-hydrogen) atoms. The van der Waals surface area contributed by atoms with E-state index in [1.807, 2.05) is 0 Å². The topological polar surface area (TPSA) is 107 Å². The quantitative estimate of drug-likeness (QED) is 0.354. The number of carbonyl (C=O) groups excluding carboxylic acids is 2. The molecule has 0 atom stereocenters. The van der Waals surface area contributed by atoms with Gasteiger partial charge in [0.1, 0.15) is 5.82 Å². The van der Waals surface area contributed by atoms with Crippen LogP contribution in [0.1, 0.15) is 17.3 Å². The minimum absolute atomic E-state index is 0.0118. The van der Waals surface area contributed by atoms with E-state index in [1.165, 1.54) is 13.0 Å². The molecule has 0 radical (unpaired) electrons. The van der Waals surface area contributed by atoms with E-state index in [9.17, 15) is 14.4 Å². The largest absolute Gasteiger partial charge is 0.385 e. The lowest BCUT2D eigenvalue weighted by Crippen LogP contribution is -2.19. The predicted octanol–water partition coefficient (Wildman–Crippen LogP) is 3.40. The van der Waals surface area contributed by atoms with Gasteiger partial charge in [0.15, 0.2) is 10.9 Å². The second-order valence-electron chi connectivity index (χ2n) is 6.08. The van der Waals surface area contributed by atoms with Gasteiger partial charge in [-0.2, -0.15) is 4.98 Å². The molecule has 3 N–H and O–H groups in total. The average molecular weight is 429 g/mol. The maximum atomic E-state index is 12.3. The molecule has 3 rings (SSSR count). The zero-order valence-electron chi connectivity index (χ0n) is 15.4. The first-order valence-electron chi connectivity index (χ1n) is 8.52. The van der Waals surface area contributed by atoms with E-state index in [0.29, 0.717) is 27.1 Å². The van der Waals surface area contributed by atoms with Gasteiger partial charge in [0.2, 0.25) is 5.91 Å². The van der Waals surface area contributed by atoms with Crippen molar-refractivity contribution in [2.75, 3.05) is 16.8 Å². The lowest BCUT2D eigenvalue weighted by molar-refractivity contribution is -0.113. The number of anilines is 2. The molecule has 0 bridgehead atoms. The SMILES string of the molecule is CC(=O)c1ccc(NC(=O)CSc2nc(=O)cc(N)n2-c2ccc(Cl)cc2)cc1. The molecule has 3 aromatic rings. The summed E-state index contributed by atoms with van der Waals surface area (Å²) in [6.07, 6.45) is 0. The zero-order chi connectivity index (χ0) is 21.0. The summed E-state index contributed by atoms with van der Waals surface area (Å²) in [5.41, 5.74) is 7.32. The summed E-state index contributed by atoms with van der Waals surface area (Å²) >= 11 is 7.01. The summed E-state index contributed by atoms with van der Waals surface area (Å²) in [6, 6.07) is 14.7. The highest BCUT2D eigenvalue weighted by atomic mass is 35.5. The van der Waals surface area contributed by atoms with Gasteiger partial charge in [-0.1, -0.05) is 23.4 Å².